The van der Waals surface area contributed by atoms with E-state index in [4.69, 9.17) is 9.84 Å². The van der Waals surface area contributed by atoms with Gasteiger partial charge in [0.1, 0.15) is 0 Å². The molecule has 96 valence electrons. The lowest BCUT2D eigenvalue weighted by Gasteiger charge is -2.35. The van der Waals surface area contributed by atoms with Crippen molar-refractivity contribution >= 4 is 33.5 Å². The SMILES string of the molecule is Cc1ccc(NC(=O)C2(C(=O)O)COC2)c(Br)c1. The summed E-state index contributed by atoms with van der Waals surface area (Å²) in [5, 5.41) is 11.7. The highest BCUT2D eigenvalue weighted by molar-refractivity contribution is 9.10. The first-order chi connectivity index (χ1) is 8.45. The van der Waals surface area contributed by atoms with Gasteiger partial charge in [0, 0.05) is 4.47 Å². The number of carboxylic acid groups (broad SMARTS) is 1. The number of hydrogen-bond acceptors (Lipinski definition) is 3. The Balaban J connectivity index is 2.19. The minimum Gasteiger partial charge on any atom is -0.480 e. The van der Waals surface area contributed by atoms with Crippen LogP contribution in [0, 0.1) is 12.3 Å². The quantitative estimate of drug-likeness (QED) is 0.834. The third-order valence-corrected chi connectivity index (χ3v) is 3.57. The second kappa shape index (κ2) is 4.70. The molecule has 18 heavy (non-hydrogen) atoms. The molecule has 6 heteroatoms. The average Bonchev–Trinajstić information content (AvgIpc) is 2.19. The van der Waals surface area contributed by atoms with Gasteiger partial charge in [-0.1, -0.05) is 6.07 Å². The molecule has 0 radical (unpaired) electrons. The highest BCUT2D eigenvalue weighted by Crippen LogP contribution is 2.31. The van der Waals surface area contributed by atoms with Gasteiger partial charge in [0.05, 0.1) is 18.9 Å². The summed E-state index contributed by atoms with van der Waals surface area (Å²) in [6.07, 6.45) is 0. The third-order valence-electron chi connectivity index (χ3n) is 2.91. The number of nitrogens with one attached hydrogen (secondary N) is 1. The molecule has 0 spiro atoms. The van der Waals surface area contributed by atoms with E-state index in [1.165, 1.54) is 0 Å². The highest BCUT2D eigenvalue weighted by Gasteiger charge is 2.53. The van der Waals surface area contributed by atoms with E-state index in [9.17, 15) is 9.59 Å². The summed E-state index contributed by atoms with van der Waals surface area (Å²) in [6, 6.07) is 5.41. The van der Waals surface area contributed by atoms with Crippen LogP contribution in [0.4, 0.5) is 5.69 Å². The Hall–Kier alpha value is -1.40. The van der Waals surface area contributed by atoms with E-state index in [0.717, 1.165) is 10.0 Å². The number of ether oxygens (including phenoxy) is 1. The van der Waals surface area contributed by atoms with E-state index in [1.54, 1.807) is 6.07 Å². The van der Waals surface area contributed by atoms with Crippen LogP contribution in [0.15, 0.2) is 22.7 Å². The summed E-state index contributed by atoms with van der Waals surface area (Å²) < 4.78 is 5.57. The number of amides is 1. The van der Waals surface area contributed by atoms with Crippen molar-refractivity contribution in [2.45, 2.75) is 6.92 Å². The molecule has 1 fully saturated rings. The monoisotopic (exact) mass is 313 g/mol. The zero-order chi connectivity index (χ0) is 13.3. The van der Waals surface area contributed by atoms with Crippen LogP contribution >= 0.6 is 15.9 Å². The number of hydrogen-bond donors (Lipinski definition) is 2. The molecule has 0 saturated carbocycles. The minimum atomic E-state index is -1.45. The van der Waals surface area contributed by atoms with Crippen molar-refractivity contribution in [2.24, 2.45) is 5.41 Å². The van der Waals surface area contributed by atoms with Crippen LogP contribution in [-0.2, 0) is 14.3 Å². The van der Waals surface area contributed by atoms with Crippen LogP contribution in [-0.4, -0.2) is 30.2 Å². The second-order valence-corrected chi connectivity index (χ2v) is 5.17. The summed E-state index contributed by atoms with van der Waals surface area (Å²) >= 11 is 3.33. The van der Waals surface area contributed by atoms with Crippen molar-refractivity contribution in [3.8, 4) is 0 Å². The van der Waals surface area contributed by atoms with Crippen LogP contribution in [0.3, 0.4) is 0 Å². The number of benzene rings is 1. The maximum Gasteiger partial charge on any atom is 0.324 e. The summed E-state index contributed by atoms with van der Waals surface area (Å²) in [4.78, 5) is 23.1. The topological polar surface area (TPSA) is 75.6 Å². The van der Waals surface area contributed by atoms with E-state index < -0.39 is 17.3 Å². The third kappa shape index (κ3) is 2.13. The summed E-state index contributed by atoms with van der Waals surface area (Å²) in [5.41, 5.74) is 0.141. The van der Waals surface area contributed by atoms with E-state index in [-0.39, 0.29) is 13.2 Å². The largest absolute Gasteiger partial charge is 0.480 e. The van der Waals surface area contributed by atoms with Gasteiger partial charge in [0.15, 0.2) is 5.41 Å². The standard InChI is InChI=1S/C12H12BrNO4/c1-7-2-3-9(8(13)4-7)14-10(15)12(11(16)17)5-18-6-12/h2-4H,5-6H2,1H3,(H,14,15)(H,16,17). The maximum absolute atomic E-state index is 12.0. The Morgan fingerprint density at radius 2 is 2.11 bits per heavy atom. The van der Waals surface area contributed by atoms with Crippen molar-refractivity contribution < 1.29 is 19.4 Å². The van der Waals surface area contributed by atoms with Gasteiger partial charge in [0.2, 0.25) is 5.91 Å². The molecular weight excluding hydrogens is 302 g/mol. The smallest absolute Gasteiger partial charge is 0.324 e. The fourth-order valence-electron chi connectivity index (χ4n) is 1.62. The van der Waals surface area contributed by atoms with Crippen molar-refractivity contribution in [1.82, 2.24) is 0 Å². The molecule has 1 saturated heterocycles. The summed E-state index contributed by atoms with van der Waals surface area (Å²) in [5.74, 6) is -1.71. The molecule has 1 aromatic carbocycles. The van der Waals surface area contributed by atoms with Crippen molar-refractivity contribution in [2.75, 3.05) is 18.5 Å². The average molecular weight is 314 g/mol. The molecule has 1 amide bonds. The van der Waals surface area contributed by atoms with Crippen LogP contribution < -0.4 is 5.32 Å². The van der Waals surface area contributed by atoms with Gasteiger partial charge in [-0.3, -0.25) is 9.59 Å². The Morgan fingerprint density at radius 3 is 2.56 bits per heavy atom. The number of anilines is 1. The first-order valence-electron chi connectivity index (χ1n) is 5.34. The van der Waals surface area contributed by atoms with E-state index >= 15 is 0 Å². The lowest BCUT2D eigenvalue weighted by atomic mass is 9.85. The number of carbonyl (C=O) groups excluding carboxylic acids is 1. The van der Waals surface area contributed by atoms with Crippen molar-refractivity contribution in [1.29, 1.82) is 0 Å². The fourth-order valence-corrected chi connectivity index (χ4v) is 2.21. The molecule has 0 bridgehead atoms. The Bertz CT molecular complexity index is 511. The van der Waals surface area contributed by atoms with Gasteiger partial charge < -0.3 is 15.2 Å². The number of carboxylic acids is 1. The Morgan fingerprint density at radius 1 is 1.44 bits per heavy atom. The molecule has 5 nitrogen and oxygen atoms in total. The molecule has 0 aromatic heterocycles. The van der Waals surface area contributed by atoms with Crippen LogP contribution in [0.25, 0.3) is 0 Å². The van der Waals surface area contributed by atoms with E-state index in [2.05, 4.69) is 21.2 Å². The summed E-state index contributed by atoms with van der Waals surface area (Å²) in [6.45, 7) is 1.75. The van der Waals surface area contributed by atoms with Crippen LogP contribution in [0.5, 0.6) is 0 Å². The molecular formula is C12H12BrNO4. The first-order valence-corrected chi connectivity index (χ1v) is 6.14. The number of rotatable bonds is 3. The first kappa shape index (κ1) is 13.0. The normalized spacial score (nSPS) is 16.8. The number of halogens is 1. The number of aliphatic carboxylic acids is 1. The molecule has 1 heterocycles. The van der Waals surface area contributed by atoms with Gasteiger partial charge in [-0.25, -0.2) is 0 Å². The predicted molar refractivity (Wildman–Crippen MR) is 68.4 cm³/mol. The zero-order valence-electron chi connectivity index (χ0n) is 9.70. The second-order valence-electron chi connectivity index (χ2n) is 4.32. The molecule has 1 aromatic rings. The van der Waals surface area contributed by atoms with Crippen molar-refractivity contribution in [3.63, 3.8) is 0 Å². The van der Waals surface area contributed by atoms with Crippen LogP contribution in [0.1, 0.15) is 5.56 Å². The van der Waals surface area contributed by atoms with Crippen LogP contribution in [0.2, 0.25) is 0 Å². The highest BCUT2D eigenvalue weighted by atomic mass is 79.9. The van der Waals surface area contributed by atoms with Gasteiger partial charge in [-0.15, -0.1) is 0 Å². The van der Waals surface area contributed by atoms with E-state index in [1.807, 2.05) is 19.1 Å². The number of carbonyl (C=O) groups is 2. The van der Waals surface area contributed by atoms with Gasteiger partial charge in [0.25, 0.3) is 0 Å². The fraction of sp³-hybridized carbons (Fsp3) is 0.333. The summed E-state index contributed by atoms with van der Waals surface area (Å²) in [7, 11) is 0. The van der Waals surface area contributed by atoms with Gasteiger partial charge >= 0.3 is 5.97 Å². The van der Waals surface area contributed by atoms with Gasteiger partial charge in [-0.2, -0.15) is 0 Å². The molecule has 2 rings (SSSR count). The molecule has 0 atom stereocenters. The number of aryl methyl sites for hydroxylation is 1. The predicted octanol–water partition coefficient (Wildman–Crippen LogP) is 1.80. The van der Waals surface area contributed by atoms with Crippen molar-refractivity contribution in [3.05, 3.63) is 28.2 Å². The maximum atomic E-state index is 12.0. The Kier molecular flexibility index (Phi) is 3.41. The molecule has 0 unspecified atom stereocenters. The Labute approximate surface area is 112 Å². The molecule has 2 N–H and O–H groups in total. The van der Waals surface area contributed by atoms with Gasteiger partial charge in [-0.05, 0) is 40.5 Å². The molecule has 1 aliphatic heterocycles. The lowest BCUT2D eigenvalue weighted by molar-refractivity contribution is -0.182. The van der Waals surface area contributed by atoms with E-state index in [0.29, 0.717) is 5.69 Å². The molecule has 1 aliphatic rings. The lowest BCUT2D eigenvalue weighted by Crippen LogP contribution is -2.57. The molecule has 0 aliphatic carbocycles. The zero-order valence-corrected chi connectivity index (χ0v) is 11.3. The minimum absolute atomic E-state index is 0.0857.